The van der Waals surface area contributed by atoms with E-state index in [-0.39, 0.29) is 5.91 Å². The van der Waals surface area contributed by atoms with Gasteiger partial charge in [0.15, 0.2) is 5.65 Å². The lowest BCUT2D eigenvalue weighted by atomic mass is 9.97. The highest BCUT2D eigenvalue weighted by atomic mass is 79.9. The third-order valence-electron chi connectivity index (χ3n) is 4.67. The van der Waals surface area contributed by atoms with Gasteiger partial charge in [-0.05, 0) is 48.8 Å². The molecule has 0 spiro atoms. The summed E-state index contributed by atoms with van der Waals surface area (Å²) in [5.74, 6) is 0.0975. The Morgan fingerprint density at radius 3 is 2.88 bits per heavy atom. The smallest absolute Gasteiger partial charge is 0.261 e. The van der Waals surface area contributed by atoms with Crippen LogP contribution >= 0.6 is 15.9 Å². The summed E-state index contributed by atoms with van der Waals surface area (Å²) in [6.07, 6.45) is 9.51. The van der Waals surface area contributed by atoms with Gasteiger partial charge < -0.3 is 10.1 Å². The van der Waals surface area contributed by atoms with Gasteiger partial charge >= 0.3 is 0 Å². The lowest BCUT2D eigenvalue weighted by molar-refractivity contribution is 0.0856. The first kappa shape index (κ1) is 23.7. The fourth-order valence-electron chi connectivity index (χ4n) is 3.31. The molecule has 1 N–H and O–H groups in total. The number of carbonyl (C=O) groups excluding carboxylic acids is 1. The summed E-state index contributed by atoms with van der Waals surface area (Å²) in [6, 6.07) is 7.15. The predicted octanol–water partition coefficient (Wildman–Crippen LogP) is 6.09. The average molecular weight is 501 g/mol. The van der Waals surface area contributed by atoms with E-state index in [1.807, 2.05) is 25.1 Å². The number of halogens is 2. The summed E-state index contributed by atoms with van der Waals surface area (Å²) in [5.41, 5.74) is 3.04. The monoisotopic (exact) mass is 500 g/mol. The number of amides is 1. The number of hydrogen-bond acceptors (Lipinski definition) is 4. The van der Waals surface area contributed by atoms with Gasteiger partial charge in [-0.1, -0.05) is 42.3 Å². The van der Waals surface area contributed by atoms with Crippen molar-refractivity contribution in [3.05, 3.63) is 76.3 Å². The molecule has 0 radical (unpaired) electrons. The third-order valence-corrected chi connectivity index (χ3v) is 5.17. The Kier molecular flexibility index (Phi) is 8.16. The van der Waals surface area contributed by atoms with Gasteiger partial charge in [0.05, 0.1) is 6.20 Å². The van der Waals surface area contributed by atoms with Crippen molar-refractivity contribution in [3.8, 4) is 5.75 Å². The Balaban J connectivity index is 2.11. The SMILES string of the molecule is CC/C=C/C(NC(=O)c1cnn2cccnc12)=C(\CCC)c1cc(Br)ccc1OC(C)F. The molecule has 0 aliphatic rings. The maximum atomic E-state index is 13.7. The number of fused-ring (bicyclic) bond motifs is 1. The number of ether oxygens (including phenoxy) is 1. The van der Waals surface area contributed by atoms with Gasteiger partial charge in [0.2, 0.25) is 6.36 Å². The summed E-state index contributed by atoms with van der Waals surface area (Å²) >= 11 is 3.50. The van der Waals surface area contributed by atoms with Crippen molar-refractivity contribution in [3.63, 3.8) is 0 Å². The van der Waals surface area contributed by atoms with Crippen LogP contribution in [0.15, 0.2) is 65.2 Å². The molecule has 0 aliphatic carbocycles. The zero-order valence-corrected chi connectivity index (χ0v) is 19.9. The predicted molar refractivity (Wildman–Crippen MR) is 127 cm³/mol. The molecule has 1 atom stereocenters. The second-order valence-corrected chi connectivity index (χ2v) is 8.07. The van der Waals surface area contributed by atoms with Crippen molar-refractivity contribution < 1.29 is 13.9 Å². The van der Waals surface area contributed by atoms with Crippen LogP contribution in [-0.2, 0) is 0 Å². The van der Waals surface area contributed by atoms with Gasteiger partial charge in [-0.3, -0.25) is 4.79 Å². The van der Waals surface area contributed by atoms with E-state index in [2.05, 4.69) is 38.3 Å². The number of carbonyl (C=O) groups is 1. The summed E-state index contributed by atoms with van der Waals surface area (Å²) in [6.45, 7) is 5.41. The topological polar surface area (TPSA) is 68.5 Å². The number of nitrogens with one attached hydrogen (secondary N) is 1. The quantitative estimate of drug-likeness (QED) is 0.360. The third kappa shape index (κ3) is 5.62. The minimum Gasteiger partial charge on any atom is -0.460 e. The van der Waals surface area contributed by atoms with Gasteiger partial charge in [0.1, 0.15) is 11.3 Å². The van der Waals surface area contributed by atoms with E-state index in [1.165, 1.54) is 13.1 Å². The van der Waals surface area contributed by atoms with Crippen LogP contribution in [0.5, 0.6) is 5.75 Å². The van der Waals surface area contributed by atoms with Crippen LogP contribution in [0.2, 0.25) is 0 Å². The maximum absolute atomic E-state index is 13.7. The number of nitrogens with zero attached hydrogens (tertiary/aromatic N) is 3. The average Bonchev–Trinajstić information content (AvgIpc) is 3.20. The minimum absolute atomic E-state index is 0.320. The van der Waals surface area contributed by atoms with Crippen LogP contribution < -0.4 is 10.1 Å². The van der Waals surface area contributed by atoms with E-state index in [0.717, 1.165) is 28.5 Å². The molecule has 0 aliphatic heterocycles. The van der Waals surface area contributed by atoms with Gasteiger partial charge in [0, 0.05) is 35.1 Å². The molecular formula is C24H26BrFN4O2. The van der Waals surface area contributed by atoms with Gasteiger partial charge in [-0.15, -0.1) is 0 Å². The van der Waals surface area contributed by atoms with Crippen molar-refractivity contribution in [2.24, 2.45) is 0 Å². The Morgan fingerprint density at radius 2 is 2.16 bits per heavy atom. The van der Waals surface area contributed by atoms with Crippen LogP contribution in [0.4, 0.5) is 4.39 Å². The van der Waals surface area contributed by atoms with Crippen molar-refractivity contribution >= 4 is 33.1 Å². The molecule has 8 heteroatoms. The number of benzene rings is 1. The molecule has 3 rings (SSSR count). The maximum Gasteiger partial charge on any atom is 0.261 e. The van der Waals surface area contributed by atoms with Crippen LogP contribution in [0, 0.1) is 0 Å². The molecule has 32 heavy (non-hydrogen) atoms. The molecule has 1 amide bonds. The number of rotatable bonds is 9. The van der Waals surface area contributed by atoms with Gasteiger partial charge in [-0.2, -0.15) is 5.10 Å². The van der Waals surface area contributed by atoms with Gasteiger partial charge in [0.25, 0.3) is 5.91 Å². The molecule has 0 saturated heterocycles. The molecule has 0 saturated carbocycles. The highest BCUT2D eigenvalue weighted by molar-refractivity contribution is 9.10. The van der Waals surface area contributed by atoms with Crippen molar-refractivity contribution in [2.75, 3.05) is 0 Å². The van der Waals surface area contributed by atoms with E-state index in [4.69, 9.17) is 4.74 Å². The lowest BCUT2D eigenvalue weighted by Gasteiger charge is -2.18. The summed E-state index contributed by atoms with van der Waals surface area (Å²) in [4.78, 5) is 17.5. The molecule has 0 fully saturated rings. The molecule has 1 unspecified atom stereocenters. The fourth-order valence-corrected chi connectivity index (χ4v) is 3.67. The lowest BCUT2D eigenvalue weighted by Crippen LogP contribution is -2.23. The zero-order valence-electron chi connectivity index (χ0n) is 18.3. The second kappa shape index (κ2) is 11.0. The summed E-state index contributed by atoms with van der Waals surface area (Å²) in [7, 11) is 0. The fraction of sp³-hybridized carbons (Fsp3) is 0.292. The zero-order chi connectivity index (χ0) is 23.1. The Bertz CT molecular complexity index is 1150. The van der Waals surface area contributed by atoms with Crippen LogP contribution in [0.3, 0.4) is 0 Å². The van der Waals surface area contributed by atoms with Crippen molar-refractivity contribution in [1.82, 2.24) is 19.9 Å². The molecule has 6 nitrogen and oxygen atoms in total. The highest BCUT2D eigenvalue weighted by Crippen LogP contribution is 2.34. The van der Waals surface area contributed by atoms with E-state index in [1.54, 1.807) is 35.1 Å². The Morgan fingerprint density at radius 1 is 1.34 bits per heavy atom. The summed E-state index contributed by atoms with van der Waals surface area (Å²) < 4.78 is 21.5. The number of aromatic nitrogens is 3. The van der Waals surface area contributed by atoms with Crippen LogP contribution in [0.1, 0.15) is 56.0 Å². The molecule has 1 aromatic carbocycles. The second-order valence-electron chi connectivity index (χ2n) is 7.15. The molecule has 3 aromatic rings. The van der Waals surface area contributed by atoms with Crippen molar-refractivity contribution in [1.29, 1.82) is 0 Å². The van der Waals surface area contributed by atoms with E-state index >= 15 is 0 Å². The number of alkyl halides is 1. The first-order valence-corrected chi connectivity index (χ1v) is 11.3. The van der Waals surface area contributed by atoms with E-state index < -0.39 is 6.36 Å². The molecular weight excluding hydrogens is 475 g/mol. The number of allylic oxidation sites excluding steroid dienone is 3. The normalized spacial score (nSPS) is 13.3. The van der Waals surface area contributed by atoms with Gasteiger partial charge in [-0.25, -0.2) is 13.9 Å². The van der Waals surface area contributed by atoms with Crippen LogP contribution in [-0.4, -0.2) is 26.9 Å². The molecule has 2 aromatic heterocycles. The minimum atomic E-state index is -1.47. The molecule has 0 bridgehead atoms. The molecule has 168 valence electrons. The first-order chi connectivity index (χ1) is 15.4. The number of hydrogen-bond donors (Lipinski definition) is 1. The van der Waals surface area contributed by atoms with Crippen LogP contribution in [0.25, 0.3) is 11.2 Å². The first-order valence-electron chi connectivity index (χ1n) is 10.5. The highest BCUT2D eigenvalue weighted by Gasteiger charge is 2.19. The van der Waals surface area contributed by atoms with E-state index in [9.17, 15) is 9.18 Å². The van der Waals surface area contributed by atoms with E-state index in [0.29, 0.717) is 29.1 Å². The Hall–Kier alpha value is -3.00. The molecule has 2 heterocycles. The largest absolute Gasteiger partial charge is 0.460 e. The Labute approximate surface area is 195 Å². The summed E-state index contributed by atoms with van der Waals surface area (Å²) in [5, 5.41) is 7.22. The van der Waals surface area contributed by atoms with Crippen molar-refractivity contribution in [2.45, 2.75) is 46.4 Å². The standard InChI is InChI=1S/C24H26BrFN4O2/c1-4-6-9-21(29-24(31)20-15-28-30-13-7-12-27-23(20)30)18(8-5-2)19-14-17(25)10-11-22(19)32-16(3)26/h6-7,9-16H,4-5,8H2,1-3H3,(H,29,31)/b9-6+,21-18-.